The molecule has 0 amide bonds. The van der Waals surface area contributed by atoms with Gasteiger partial charge in [0.1, 0.15) is 19.3 Å². The number of sulfonamides is 1. The number of hydrogen-bond donors (Lipinski definition) is 3. The quantitative estimate of drug-likeness (QED) is 0.651. The molecule has 0 aliphatic carbocycles. The van der Waals surface area contributed by atoms with E-state index >= 15 is 0 Å². The van der Waals surface area contributed by atoms with E-state index in [-0.39, 0.29) is 17.1 Å². The summed E-state index contributed by atoms with van der Waals surface area (Å²) in [6, 6.07) is 2.63. The number of nitrogens with one attached hydrogen (secondary N) is 1. The number of rotatable bonds is 6. The lowest BCUT2D eigenvalue weighted by Crippen LogP contribution is -2.41. The van der Waals surface area contributed by atoms with Crippen LogP contribution < -0.4 is 14.2 Å². The summed E-state index contributed by atoms with van der Waals surface area (Å²) in [4.78, 5) is 10.8. The zero-order valence-corrected chi connectivity index (χ0v) is 11.8. The van der Waals surface area contributed by atoms with Gasteiger partial charge in [-0.15, -0.1) is 0 Å². The first-order valence-corrected chi connectivity index (χ1v) is 7.68. The molecule has 1 atom stereocenters. The van der Waals surface area contributed by atoms with Crippen LogP contribution in [0.15, 0.2) is 23.1 Å². The summed E-state index contributed by atoms with van der Waals surface area (Å²) in [5, 5.41) is 17.7. The van der Waals surface area contributed by atoms with E-state index in [1.165, 1.54) is 18.2 Å². The molecular formula is C12H15NO7S. The summed E-state index contributed by atoms with van der Waals surface area (Å²) in [5.41, 5.74) is 0. The van der Waals surface area contributed by atoms with E-state index in [1.807, 2.05) is 4.72 Å². The fraction of sp³-hybridized carbons (Fsp3) is 0.417. The molecular weight excluding hydrogens is 302 g/mol. The molecule has 2 rings (SSSR count). The standard InChI is InChI=1S/C12H15NO7S/c14-4-3-9(12(15)16)13-21(17,18)8-1-2-10-11(7-8)20-6-5-19-10/h1-2,7,9,13-14H,3-6H2,(H,15,16)/t9-/m0/s1. The van der Waals surface area contributed by atoms with Crippen molar-refractivity contribution in [2.75, 3.05) is 19.8 Å². The van der Waals surface area contributed by atoms with Crippen LogP contribution in [0.1, 0.15) is 6.42 Å². The number of benzene rings is 1. The molecule has 0 fully saturated rings. The van der Waals surface area contributed by atoms with Crippen LogP contribution in [0.25, 0.3) is 0 Å². The first-order chi connectivity index (χ1) is 9.94. The summed E-state index contributed by atoms with van der Waals surface area (Å²) < 4.78 is 36.9. The average Bonchev–Trinajstić information content (AvgIpc) is 2.46. The number of aliphatic hydroxyl groups is 1. The van der Waals surface area contributed by atoms with Crippen molar-refractivity contribution in [3.63, 3.8) is 0 Å². The monoisotopic (exact) mass is 317 g/mol. The highest BCUT2D eigenvalue weighted by Crippen LogP contribution is 2.32. The van der Waals surface area contributed by atoms with Gasteiger partial charge in [-0.1, -0.05) is 0 Å². The molecule has 1 heterocycles. The van der Waals surface area contributed by atoms with E-state index in [0.29, 0.717) is 19.0 Å². The summed E-state index contributed by atoms with van der Waals surface area (Å²) in [7, 11) is -4.04. The Labute approximate surface area is 121 Å². The van der Waals surface area contributed by atoms with Crippen LogP contribution in [0.2, 0.25) is 0 Å². The highest BCUT2D eigenvalue weighted by atomic mass is 32.2. The normalized spacial score (nSPS) is 15.5. The molecule has 1 aliphatic heterocycles. The van der Waals surface area contributed by atoms with Gasteiger partial charge in [-0.3, -0.25) is 4.79 Å². The second-order valence-electron chi connectivity index (χ2n) is 4.33. The Morgan fingerprint density at radius 3 is 2.57 bits per heavy atom. The van der Waals surface area contributed by atoms with E-state index in [1.54, 1.807) is 0 Å². The molecule has 0 unspecified atom stereocenters. The van der Waals surface area contributed by atoms with Gasteiger partial charge in [-0.2, -0.15) is 4.72 Å². The molecule has 0 bridgehead atoms. The predicted molar refractivity (Wildman–Crippen MR) is 70.9 cm³/mol. The number of aliphatic carboxylic acids is 1. The second kappa shape index (κ2) is 6.29. The molecule has 0 radical (unpaired) electrons. The highest BCUT2D eigenvalue weighted by Gasteiger charge is 2.26. The van der Waals surface area contributed by atoms with Crippen LogP contribution in [0.5, 0.6) is 11.5 Å². The van der Waals surface area contributed by atoms with Gasteiger partial charge in [0, 0.05) is 12.7 Å². The van der Waals surface area contributed by atoms with E-state index in [0.717, 1.165) is 0 Å². The molecule has 0 spiro atoms. The maximum atomic E-state index is 12.2. The Hall–Kier alpha value is -1.84. The lowest BCUT2D eigenvalue weighted by atomic mass is 10.2. The van der Waals surface area contributed by atoms with E-state index in [2.05, 4.69) is 0 Å². The third-order valence-corrected chi connectivity index (χ3v) is 4.31. The van der Waals surface area contributed by atoms with Crippen molar-refractivity contribution in [2.24, 2.45) is 0 Å². The van der Waals surface area contributed by atoms with Crippen LogP contribution in [0.4, 0.5) is 0 Å². The average molecular weight is 317 g/mol. The zero-order chi connectivity index (χ0) is 15.5. The Morgan fingerprint density at radius 1 is 1.29 bits per heavy atom. The van der Waals surface area contributed by atoms with Gasteiger partial charge in [0.25, 0.3) is 0 Å². The molecule has 0 saturated heterocycles. The number of fused-ring (bicyclic) bond motifs is 1. The van der Waals surface area contributed by atoms with E-state index in [9.17, 15) is 13.2 Å². The number of carboxylic acids is 1. The smallest absolute Gasteiger partial charge is 0.321 e. The Balaban J connectivity index is 2.24. The van der Waals surface area contributed by atoms with Gasteiger partial charge < -0.3 is 19.7 Å². The number of ether oxygens (including phenoxy) is 2. The van der Waals surface area contributed by atoms with Crippen LogP contribution in [-0.4, -0.2) is 50.5 Å². The first-order valence-electron chi connectivity index (χ1n) is 6.19. The Bertz CT molecular complexity index is 628. The van der Waals surface area contributed by atoms with Gasteiger partial charge in [0.05, 0.1) is 4.90 Å². The minimum Gasteiger partial charge on any atom is -0.486 e. The van der Waals surface area contributed by atoms with Crippen molar-refractivity contribution in [2.45, 2.75) is 17.4 Å². The van der Waals surface area contributed by atoms with E-state index < -0.39 is 28.6 Å². The van der Waals surface area contributed by atoms with Crippen LogP contribution in [0.3, 0.4) is 0 Å². The SMILES string of the molecule is O=C(O)[C@H](CCO)NS(=O)(=O)c1ccc2c(c1)OCCO2. The maximum Gasteiger partial charge on any atom is 0.321 e. The third kappa shape index (κ3) is 3.63. The van der Waals surface area contributed by atoms with Crippen LogP contribution in [-0.2, 0) is 14.8 Å². The number of carbonyl (C=O) groups is 1. The van der Waals surface area contributed by atoms with Crippen molar-refractivity contribution in [1.29, 1.82) is 0 Å². The first kappa shape index (κ1) is 15.5. The third-order valence-electron chi connectivity index (χ3n) is 2.84. The van der Waals surface area contributed by atoms with Gasteiger partial charge in [-0.05, 0) is 18.6 Å². The molecule has 21 heavy (non-hydrogen) atoms. The van der Waals surface area contributed by atoms with Crippen molar-refractivity contribution in [3.05, 3.63) is 18.2 Å². The van der Waals surface area contributed by atoms with Crippen molar-refractivity contribution in [3.8, 4) is 11.5 Å². The highest BCUT2D eigenvalue weighted by molar-refractivity contribution is 7.89. The maximum absolute atomic E-state index is 12.2. The minimum atomic E-state index is -4.04. The molecule has 0 saturated carbocycles. The van der Waals surface area contributed by atoms with E-state index in [4.69, 9.17) is 19.7 Å². The topological polar surface area (TPSA) is 122 Å². The zero-order valence-electron chi connectivity index (χ0n) is 11.0. The molecule has 1 aromatic carbocycles. The summed E-state index contributed by atoms with van der Waals surface area (Å²) in [5.74, 6) is -0.631. The Morgan fingerprint density at radius 2 is 1.95 bits per heavy atom. The largest absolute Gasteiger partial charge is 0.486 e. The summed E-state index contributed by atoms with van der Waals surface area (Å²) in [6.45, 7) is 0.252. The lowest BCUT2D eigenvalue weighted by Gasteiger charge is -2.19. The van der Waals surface area contributed by atoms with Gasteiger partial charge in [0.15, 0.2) is 11.5 Å². The molecule has 8 nitrogen and oxygen atoms in total. The molecule has 0 aromatic heterocycles. The van der Waals surface area contributed by atoms with Crippen LogP contribution in [0, 0.1) is 0 Å². The van der Waals surface area contributed by atoms with Crippen molar-refractivity contribution in [1.82, 2.24) is 4.72 Å². The summed E-state index contributed by atoms with van der Waals surface area (Å²) >= 11 is 0. The van der Waals surface area contributed by atoms with Gasteiger partial charge in [0.2, 0.25) is 10.0 Å². The van der Waals surface area contributed by atoms with Crippen molar-refractivity contribution >= 4 is 16.0 Å². The number of carboxylic acid groups (broad SMARTS) is 1. The second-order valence-corrected chi connectivity index (χ2v) is 6.04. The van der Waals surface area contributed by atoms with Crippen LogP contribution >= 0.6 is 0 Å². The number of aliphatic hydroxyl groups excluding tert-OH is 1. The summed E-state index contributed by atoms with van der Waals surface area (Å²) in [6.07, 6.45) is -0.223. The van der Waals surface area contributed by atoms with Gasteiger partial charge >= 0.3 is 5.97 Å². The molecule has 1 aliphatic rings. The fourth-order valence-corrected chi connectivity index (χ4v) is 3.05. The minimum absolute atomic E-state index is 0.129. The van der Waals surface area contributed by atoms with Crippen molar-refractivity contribution < 1.29 is 32.9 Å². The molecule has 1 aromatic rings. The lowest BCUT2D eigenvalue weighted by molar-refractivity contribution is -0.139. The molecule has 116 valence electrons. The predicted octanol–water partition coefficient (Wildman–Crippen LogP) is -0.428. The molecule has 3 N–H and O–H groups in total. The Kier molecular flexibility index (Phi) is 4.66. The fourth-order valence-electron chi connectivity index (χ4n) is 1.81. The number of hydrogen-bond acceptors (Lipinski definition) is 6. The van der Waals surface area contributed by atoms with Gasteiger partial charge in [-0.25, -0.2) is 8.42 Å². The molecule has 9 heteroatoms.